The lowest BCUT2D eigenvalue weighted by molar-refractivity contribution is -0.146. The van der Waals surface area contributed by atoms with Crippen molar-refractivity contribution in [3.05, 3.63) is 0 Å². The average Bonchev–Trinajstić information content (AvgIpc) is 2.43. The van der Waals surface area contributed by atoms with E-state index >= 15 is 0 Å². The molecule has 0 aromatic carbocycles. The van der Waals surface area contributed by atoms with E-state index in [1.165, 1.54) is 7.11 Å². The van der Waals surface area contributed by atoms with Gasteiger partial charge in [0.25, 0.3) is 0 Å². The quantitative estimate of drug-likeness (QED) is 0.718. The van der Waals surface area contributed by atoms with Crippen molar-refractivity contribution in [2.24, 2.45) is 0 Å². The molecular formula is C13H25NO3S. The van der Waals surface area contributed by atoms with Gasteiger partial charge in [-0.3, -0.25) is 4.79 Å². The van der Waals surface area contributed by atoms with Crippen molar-refractivity contribution in [2.45, 2.75) is 43.9 Å². The second-order valence-electron chi connectivity index (χ2n) is 4.87. The van der Waals surface area contributed by atoms with E-state index in [2.05, 4.69) is 12.2 Å². The summed E-state index contributed by atoms with van der Waals surface area (Å²) in [4.78, 5) is 11.9. The van der Waals surface area contributed by atoms with Crippen LogP contribution in [0.5, 0.6) is 0 Å². The standard InChI is InChI=1S/C13H25NO3S/c1-4-7-14-13(2,12(15)16-3)10-18-11-5-8-17-9-6-11/h11,14H,4-10H2,1-3H3. The van der Waals surface area contributed by atoms with Gasteiger partial charge < -0.3 is 14.8 Å². The lowest BCUT2D eigenvalue weighted by Crippen LogP contribution is -2.53. The number of hydrogen-bond acceptors (Lipinski definition) is 5. The Hall–Kier alpha value is -0.260. The van der Waals surface area contributed by atoms with Crippen LogP contribution in [-0.2, 0) is 14.3 Å². The zero-order chi connectivity index (χ0) is 13.4. The molecule has 1 aliphatic rings. The highest BCUT2D eigenvalue weighted by molar-refractivity contribution is 8.00. The minimum Gasteiger partial charge on any atom is -0.468 e. The molecule has 0 bridgehead atoms. The molecule has 0 radical (unpaired) electrons. The maximum atomic E-state index is 11.9. The first-order chi connectivity index (χ1) is 8.62. The molecule has 0 amide bonds. The van der Waals surface area contributed by atoms with Gasteiger partial charge in [0, 0.05) is 24.2 Å². The van der Waals surface area contributed by atoms with Crippen molar-refractivity contribution >= 4 is 17.7 Å². The van der Waals surface area contributed by atoms with Crippen LogP contribution in [0, 0.1) is 0 Å². The Labute approximate surface area is 114 Å². The summed E-state index contributed by atoms with van der Waals surface area (Å²) in [6, 6.07) is 0. The molecule has 0 aliphatic carbocycles. The summed E-state index contributed by atoms with van der Waals surface area (Å²) in [6.07, 6.45) is 3.17. The molecule has 1 unspecified atom stereocenters. The van der Waals surface area contributed by atoms with Gasteiger partial charge in [0.05, 0.1) is 7.11 Å². The summed E-state index contributed by atoms with van der Waals surface area (Å²) in [6.45, 7) is 6.54. The van der Waals surface area contributed by atoms with Crippen LogP contribution >= 0.6 is 11.8 Å². The minimum absolute atomic E-state index is 0.171. The van der Waals surface area contributed by atoms with Crippen molar-refractivity contribution in [3.63, 3.8) is 0 Å². The predicted molar refractivity (Wildman–Crippen MR) is 75.0 cm³/mol. The molecule has 1 saturated heterocycles. The van der Waals surface area contributed by atoms with Crippen LogP contribution in [-0.4, -0.2) is 49.4 Å². The molecule has 0 aromatic heterocycles. The number of hydrogen-bond donors (Lipinski definition) is 1. The van der Waals surface area contributed by atoms with E-state index in [4.69, 9.17) is 9.47 Å². The van der Waals surface area contributed by atoms with Crippen LogP contribution in [0.15, 0.2) is 0 Å². The van der Waals surface area contributed by atoms with Crippen molar-refractivity contribution in [1.82, 2.24) is 5.32 Å². The third-order valence-corrected chi connectivity index (χ3v) is 4.86. The second-order valence-corrected chi connectivity index (χ2v) is 6.16. The van der Waals surface area contributed by atoms with Crippen molar-refractivity contribution in [2.75, 3.05) is 32.6 Å². The molecule has 1 rings (SSSR count). The van der Waals surface area contributed by atoms with E-state index in [1.807, 2.05) is 18.7 Å². The van der Waals surface area contributed by atoms with Gasteiger partial charge in [0.15, 0.2) is 0 Å². The van der Waals surface area contributed by atoms with Gasteiger partial charge in [0.2, 0.25) is 0 Å². The second kappa shape index (κ2) is 8.02. The Balaban J connectivity index is 2.46. The molecule has 0 saturated carbocycles. The fourth-order valence-corrected chi connectivity index (χ4v) is 3.25. The Morgan fingerprint density at radius 2 is 2.17 bits per heavy atom. The predicted octanol–water partition coefficient (Wildman–Crippen LogP) is 1.83. The monoisotopic (exact) mass is 275 g/mol. The van der Waals surface area contributed by atoms with Crippen LogP contribution in [0.2, 0.25) is 0 Å². The zero-order valence-electron chi connectivity index (χ0n) is 11.7. The largest absolute Gasteiger partial charge is 0.468 e. The highest BCUT2D eigenvalue weighted by atomic mass is 32.2. The Kier molecular flexibility index (Phi) is 7.04. The molecule has 1 fully saturated rings. The van der Waals surface area contributed by atoms with E-state index < -0.39 is 5.54 Å². The SMILES string of the molecule is CCCNC(C)(CSC1CCOCC1)C(=O)OC. The van der Waals surface area contributed by atoms with E-state index in [1.54, 1.807) is 0 Å². The molecule has 1 N–H and O–H groups in total. The van der Waals surface area contributed by atoms with Crippen LogP contribution in [0.1, 0.15) is 33.1 Å². The smallest absolute Gasteiger partial charge is 0.326 e. The summed E-state index contributed by atoms with van der Waals surface area (Å²) in [5.74, 6) is 0.583. The Bertz CT molecular complexity index is 257. The van der Waals surface area contributed by atoms with E-state index in [9.17, 15) is 4.79 Å². The van der Waals surface area contributed by atoms with E-state index in [-0.39, 0.29) is 5.97 Å². The summed E-state index contributed by atoms with van der Waals surface area (Å²) in [5.41, 5.74) is -0.576. The number of ether oxygens (including phenoxy) is 2. The first kappa shape index (κ1) is 15.8. The summed E-state index contributed by atoms with van der Waals surface area (Å²) >= 11 is 1.86. The van der Waals surface area contributed by atoms with Gasteiger partial charge in [-0.15, -0.1) is 0 Å². The first-order valence-electron chi connectivity index (χ1n) is 6.65. The van der Waals surface area contributed by atoms with Crippen LogP contribution in [0.3, 0.4) is 0 Å². The molecule has 1 heterocycles. The number of thioether (sulfide) groups is 1. The van der Waals surface area contributed by atoms with Crippen LogP contribution < -0.4 is 5.32 Å². The van der Waals surface area contributed by atoms with Gasteiger partial charge in [-0.2, -0.15) is 11.8 Å². The maximum Gasteiger partial charge on any atom is 0.326 e. The van der Waals surface area contributed by atoms with Gasteiger partial charge in [-0.1, -0.05) is 6.92 Å². The zero-order valence-corrected chi connectivity index (χ0v) is 12.5. The van der Waals surface area contributed by atoms with Gasteiger partial charge in [-0.25, -0.2) is 0 Å². The molecule has 1 aliphatic heterocycles. The fourth-order valence-electron chi connectivity index (χ4n) is 1.94. The molecule has 0 spiro atoms. The maximum absolute atomic E-state index is 11.9. The minimum atomic E-state index is -0.576. The van der Waals surface area contributed by atoms with Crippen LogP contribution in [0.25, 0.3) is 0 Å². The van der Waals surface area contributed by atoms with E-state index in [0.29, 0.717) is 5.25 Å². The number of carbonyl (C=O) groups is 1. The lowest BCUT2D eigenvalue weighted by Gasteiger charge is -2.30. The third-order valence-electron chi connectivity index (χ3n) is 3.18. The highest BCUT2D eigenvalue weighted by Crippen LogP contribution is 2.26. The number of esters is 1. The summed E-state index contributed by atoms with van der Waals surface area (Å²) < 4.78 is 10.3. The van der Waals surface area contributed by atoms with Gasteiger partial charge in [-0.05, 0) is 32.7 Å². The molecule has 106 valence electrons. The first-order valence-corrected chi connectivity index (χ1v) is 7.70. The molecule has 4 nitrogen and oxygen atoms in total. The summed E-state index contributed by atoms with van der Waals surface area (Å²) in [7, 11) is 1.45. The molecule has 1 atom stereocenters. The van der Waals surface area contributed by atoms with Gasteiger partial charge >= 0.3 is 5.97 Å². The third kappa shape index (κ3) is 4.78. The van der Waals surface area contributed by atoms with Crippen molar-refractivity contribution in [1.29, 1.82) is 0 Å². The molecule has 0 aromatic rings. The number of nitrogens with one attached hydrogen (secondary N) is 1. The fraction of sp³-hybridized carbons (Fsp3) is 0.923. The Morgan fingerprint density at radius 3 is 2.72 bits per heavy atom. The average molecular weight is 275 g/mol. The number of methoxy groups -OCH3 is 1. The molecular weight excluding hydrogens is 250 g/mol. The lowest BCUT2D eigenvalue weighted by atomic mass is 10.1. The highest BCUT2D eigenvalue weighted by Gasteiger charge is 2.34. The Morgan fingerprint density at radius 1 is 1.50 bits per heavy atom. The van der Waals surface area contributed by atoms with E-state index in [0.717, 1.165) is 44.8 Å². The molecule has 18 heavy (non-hydrogen) atoms. The topological polar surface area (TPSA) is 47.6 Å². The molecule has 5 heteroatoms. The van der Waals surface area contributed by atoms with Crippen molar-refractivity contribution in [3.8, 4) is 0 Å². The number of carbonyl (C=O) groups excluding carboxylic acids is 1. The van der Waals surface area contributed by atoms with Crippen molar-refractivity contribution < 1.29 is 14.3 Å². The van der Waals surface area contributed by atoms with Gasteiger partial charge in [0.1, 0.15) is 5.54 Å². The van der Waals surface area contributed by atoms with Crippen LogP contribution in [0.4, 0.5) is 0 Å². The normalized spacial score (nSPS) is 20.4. The number of rotatable bonds is 7. The summed E-state index contributed by atoms with van der Waals surface area (Å²) in [5, 5.41) is 3.91.